The summed E-state index contributed by atoms with van der Waals surface area (Å²) in [7, 11) is 0. The number of ether oxygens (including phenoxy) is 1. The van der Waals surface area contributed by atoms with E-state index in [9.17, 15) is 4.79 Å². The molecule has 2 N–H and O–H groups in total. The van der Waals surface area contributed by atoms with Gasteiger partial charge in [-0.2, -0.15) is 0 Å². The van der Waals surface area contributed by atoms with Gasteiger partial charge in [0.2, 0.25) is 0 Å². The van der Waals surface area contributed by atoms with Gasteiger partial charge in [0.25, 0.3) is 0 Å². The lowest BCUT2D eigenvalue weighted by molar-refractivity contribution is 0.165. The van der Waals surface area contributed by atoms with Crippen molar-refractivity contribution in [2.45, 2.75) is 37.9 Å². The number of nitrogens with one attached hydrogen (secondary N) is 2. The van der Waals surface area contributed by atoms with E-state index in [1.54, 1.807) is 0 Å². The summed E-state index contributed by atoms with van der Waals surface area (Å²) >= 11 is 0. The Hall–Kier alpha value is -0.810. The molecule has 0 saturated carbocycles. The molecule has 4 atom stereocenters. The fourth-order valence-electron chi connectivity index (χ4n) is 3.41. The van der Waals surface area contributed by atoms with Crippen molar-refractivity contribution in [3.8, 4) is 0 Å². The Bertz CT molecular complexity index is 304. The largest absolute Gasteiger partial charge is 0.379 e. The van der Waals surface area contributed by atoms with Crippen LogP contribution in [-0.2, 0) is 4.74 Å². The van der Waals surface area contributed by atoms with Crippen molar-refractivity contribution in [3.63, 3.8) is 0 Å². The van der Waals surface area contributed by atoms with Crippen LogP contribution in [0.4, 0.5) is 4.79 Å². The molecule has 3 aliphatic rings. The molecule has 2 amide bonds. The van der Waals surface area contributed by atoms with Crippen molar-refractivity contribution >= 4 is 6.03 Å². The third-order valence-electron chi connectivity index (χ3n) is 4.27. The second kappa shape index (κ2) is 4.46. The SMILES string of the molecule is CC1CC2CNCC2N1C(=O)NC1CCOC1. The Balaban J connectivity index is 1.63. The highest BCUT2D eigenvalue weighted by molar-refractivity contribution is 5.76. The summed E-state index contributed by atoms with van der Waals surface area (Å²) in [5.74, 6) is 0.649. The van der Waals surface area contributed by atoms with E-state index in [1.165, 1.54) is 0 Å². The molecule has 0 aromatic carbocycles. The zero-order chi connectivity index (χ0) is 11.8. The van der Waals surface area contributed by atoms with Gasteiger partial charge in [-0.1, -0.05) is 0 Å². The molecule has 4 unspecified atom stereocenters. The summed E-state index contributed by atoms with van der Waals surface area (Å²) in [6.45, 7) is 5.60. The van der Waals surface area contributed by atoms with Gasteiger partial charge in [0.1, 0.15) is 0 Å². The highest BCUT2D eigenvalue weighted by Gasteiger charge is 2.44. The first kappa shape index (κ1) is 11.3. The van der Waals surface area contributed by atoms with Crippen LogP contribution in [-0.4, -0.2) is 55.4 Å². The van der Waals surface area contributed by atoms with E-state index in [4.69, 9.17) is 4.74 Å². The van der Waals surface area contributed by atoms with E-state index in [2.05, 4.69) is 17.6 Å². The molecule has 3 heterocycles. The summed E-state index contributed by atoms with van der Waals surface area (Å²) in [5, 5.41) is 6.48. The normalized spacial score (nSPS) is 40.6. The van der Waals surface area contributed by atoms with Gasteiger partial charge < -0.3 is 20.3 Å². The predicted octanol–water partition coefficient (Wildman–Crippen LogP) is 0.167. The average Bonchev–Trinajstić information content (AvgIpc) is 2.93. The van der Waals surface area contributed by atoms with Crippen molar-refractivity contribution in [1.82, 2.24) is 15.5 Å². The van der Waals surface area contributed by atoms with Gasteiger partial charge in [-0.05, 0) is 25.7 Å². The smallest absolute Gasteiger partial charge is 0.318 e. The number of amides is 2. The number of hydrogen-bond donors (Lipinski definition) is 2. The predicted molar refractivity (Wildman–Crippen MR) is 63.8 cm³/mol. The fraction of sp³-hybridized carbons (Fsp3) is 0.917. The number of carbonyl (C=O) groups excluding carboxylic acids is 1. The first-order chi connectivity index (χ1) is 8.25. The Morgan fingerprint density at radius 2 is 2.35 bits per heavy atom. The van der Waals surface area contributed by atoms with Crippen molar-refractivity contribution in [2.24, 2.45) is 5.92 Å². The summed E-state index contributed by atoms with van der Waals surface area (Å²) in [4.78, 5) is 14.3. The maximum absolute atomic E-state index is 12.3. The first-order valence-corrected chi connectivity index (χ1v) is 6.63. The number of urea groups is 1. The van der Waals surface area contributed by atoms with E-state index in [0.717, 1.165) is 32.5 Å². The average molecular weight is 239 g/mol. The van der Waals surface area contributed by atoms with Gasteiger partial charge in [-0.3, -0.25) is 0 Å². The van der Waals surface area contributed by atoms with Gasteiger partial charge >= 0.3 is 6.03 Å². The molecule has 0 bridgehead atoms. The molecule has 0 aromatic heterocycles. The maximum atomic E-state index is 12.3. The van der Waals surface area contributed by atoms with Crippen LogP contribution in [0.15, 0.2) is 0 Å². The van der Waals surface area contributed by atoms with Gasteiger partial charge in [0, 0.05) is 25.7 Å². The maximum Gasteiger partial charge on any atom is 0.318 e. The number of fused-ring (bicyclic) bond motifs is 1. The van der Waals surface area contributed by atoms with Crippen molar-refractivity contribution in [1.29, 1.82) is 0 Å². The minimum Gasteiger partial charge on any atom is -0.379 e. The van der Waals surface area contributed by atoms with Crippen molar-refractivity contribution in [2.75, 3.05) is 26.3 Å². The standard InChI is InChI=1S/C12H21N3O2/c1-8-4-9-5-13-6-11(9)15(8)12(16)14-10-2-3-17-7-10/h8-11,13H,2-7H2,1H3,(H,14,16). The van der Waals surface area contributed by atoms with E-state index < -0.39 is 0 Å². The Morgan fingerprint density at radius 1 is 1.47 bits per heavy atom. The highest BCUT2D eigenvalue weighted by atomic mass is 16.5. The quantitative estimate of drug-likeness (QED) is 0.686. The highest BCUT2D eigenvalue weighted by Crippen LogP contribution is 2.32. The Kier molecular flexibility index (Phi) is 2.96. The molecule has 3 saturated heterocycles. The van der Waals surface area contributed by atoms with Gasteiger partial charge in [-0.25, -0.2) is 4.79 Å². The van der Waals surface area contributed by atoms with Crippen molar-refractivity contribution < 1.29 is 9.53 Å². The second-order valence-corrected chi connectivity index (χ2v) is 5.49. The van der Waals surface area contributed by atoms with Crippen LogP contribution in [0.3, 0.4) is 0 Å². The minimum atomic E-state index is 0.101. The van der Waals surface area contributed by atoms with E-state index in [1.807, 2.05) is 4.90 Å². The minimum absolute atomic E-state index is 0.101. The van der Waals surface area contributed by atoms with Crippen LogP contribution in [0.5, 0.6) is 0 Å². The van der Waals surface area contributed by atoms with Crippen LogP contribution >= 0.6 is 0 Å². The summed E-state index contributed by atoms with van der Waals surface area (Å²) < 4.78 is 5.29. The Morgan fingerprint density at radius 3 is 3.12 bits per heavy atom. The molecule has 3 rings (SSSR count). The number of nitrogens with zero attached hydrogens (tertiary/aromatic N) is 1. The van der Waals surface area contributed by atoms with Crippen molar-refractivity contribution in [3.05, 3.63) is 0 Å². The monoisotopic (exact) mass is 239 g/mol. The van der Waals surface area contributed by atoms with E-state index in [0.29, 0.717) is 24.6 Å². The number of rotatable bonds is 1. The molecule has 17 heavy (non-hydrogen) atoms. The molecule has 0 aromatic rings. The first-order valence-electron chi connectivity index (χ1n) is 6.63. The molecule has 3 fully saturated rings. The summed E-state index contributed by atoms with van der Waals surface area (Å²) in [6, 6.07) is 1.08. The van der Waals surface area contributed by atoms with Gasteiger partial charge in [0.05, 0.1) is 18.7 Å². The third kappa shape index (κ3) is 2.02. The molecule has 3 aliphatic heterocycles. The number of carbonyl (C=O) groups is 1. The lowest BCUT2D eigenvalue weighted by Crippen LogP contribution is -2.51. The van der Waals surface area contributed by atoms with Crippen LogP contribution in [0, 0.1) is 5.92 Å². The topological polar surface area (TPSA) is 53.6 Å². The molecule has 0 spiro atoms. The lowest BCUT2D eigenvalue weighted by Gasteiger charge is -2.29. The Labute approximate surface area is 102 Å². The fourth-order valence-corrected chi connectivity index (χ4v) is 3.41. The molecular formula is C12H21N3O2. The number of likely N-dealkylation sites (tertiary alicyclic amines) is 1. The summed E-state index contributed by atoms with van der Waals surface area (Å²) in [5.41, 5.74) is 0. The van der Waals surface area contributed by atoms with E-state index >= 15 is 0 Å². The molecule has 5 nitrogen and oxygen atoms in total. The number of hydrogen-bond acceptors (Lipinski definition) is 3. The molecule has 0 radical (unpaired) electrons. The van der Waals surface area contributed by atoms with Crippen LogP contribution in [0.2, 0.25) is 0 Å². The zero-order valence-corrected chi connectivity index (χ0v) is 10.3. The van der Waals surface area contributed by atoms with Crippen LogP contribution in [0.1, 0.15) is 19.8 Å². The molecular weight excluding hydrogens is 218 g/mol. The van der Waals surface area contributed by atoms with Crippen LogP contribution in [0.25, 0.3) is 0 Å². The molecule has 96 valence electrons. The summed E-state index contributed by atoms with van der Waals surface area (Å²) in [6.07, 6.45) is 2.08. The molecule has 5 heteroatoms. The lowest BCUT2D eigenvalue weighted by atomic mass is 10.0. The van der Waals surface area contributed by atoms with E-state index in [-0.39, 0.29) is 12.1 Å². The molecule has 0 aliphatic carbocycles. The van der Waals surface area contributed by atoms with Gasteiger partial charge in [0.15, 0.2) is 0 Å². The van der Waals surface area contributed by atoms with Gasteiger partial charge in [-0.15, -0.1) is 0 Å². The second-order valence-electron chi connectivity index (χ2n) is 5.49. The third-order valence-corrected chi connectivity index (χ3v) is 4.27. The van der Waals surface area contributed by atoms with Crippen LogP contribution < -0.4 is 10.6 Å². The zero-order valence-electron chi connectivity index (χ0n) is 10.3.